The number of carbonyl (C=O) groups is 1. The first-order valence-corrected chi connectivity index (χ1v) is 10.7. The molecule has 1 aliphatic heterocycles. The van der Waals surface area contributed by atoms with Crippen molar-refractivity contribution in [2.45, 2.75) is 24.6 Å². The fourth-order valence-corrected chi connectivity index (χ4v) is 5.69. The fraction of sp³-hybridized carbons (Fsp3) is 0.389. The number of nitrogens with one attached hydrogen (secondary N) is 1. The highest BCUT2D eigenvalue weighted by Gasteiger charge is 2.27. The lowest BCUT2D eigenvalue weighted by Gasteiger charge is -2.25. The maximum atomic E-state index is 12.6. The first kappa shape index (κ1) is 19.0. The highest BCUT2D eigenvalue weighted by molar-refractivity contribution is 7.91. The van der Waals surface area contributed by atoms with Gasteiger partial charge in [0.25, 0.3) is 15.9 Å². The van der Waals surface area contributed by atoms with Gasteiger partial charge < -0.3 is 10.1 Å². The zero-order valence-corrected chi connectivity index (χ0v) is 16.5. The number of thiophene rings is 1. The van der Waals surface area contributed by atoms with E-state index in [1.165, 1.54) is 15.6 Å². The molecule has 1 aromatic carbocycles. The average molecular weight is 395 g/mol. The Labute approximate surface area is 157 Å². The molecule has 0 saturated carbocycles. The molecule has 140 valence electrons. The van der Waals surface area contributed by atoms with Crippen molar-refractivity contribution in [2.24, 2.45) is 0 Å². The smallest absolute Gasteiger partial charge is 0.252 e. The first-order valence-electron chi connectivity index (χ1n) is 8.40. The Kier molecular flexibility index (Phi) is 5.76. The highest BCUT2D eigenvalue weighted by Crippen LogP contribution is 2.25. The quantitative estimate of drug-likeness (QED) is 0.844. The van der Waals surface area contributed by atoms with Crippen LogP contribution in [0.4, 0.5) is 0 Å². The molecule has 0 spiro atoms. The maximum absolute atomic E-state index is 12.6. The molecular formula is C18H22N2O4S2. The largest absolute Gasteiger partial charge is 0.379 e. The molecule has 3 rings (SSSR count). The number of carbonyl (C=O) groups excluding carboxylic acids is 1. The molecule has 1 saturated heterocycles. The number of sulfonamides is 1. The van der Waals surface area contributed by atoms with Gasteiger partial charge in [-0.15, -0.1) is 11.3 Å². The molecule has 6 nitrogen and oxygen atoms in total. The van der Waals surface area contributed by atoms with Gasteiger partial charge in [0.05, 0.1) is 19.8 Å². The van der Waals surface area contributed by atoms with Crippen LogP contribution >= 0.6 is 11.3 Å². The molecule has 26 heavy (non-hydrogen) atoms. The number of hydrogen-bond acceptors (Lipinski definition) is 5. The summed E-state index contributed by atoms with van der Waals surface area (Å²) in [6.07, 6.45) is 0. The highest BCUT2D eigenvalue weighted by atomic mass is 32.2. The lowest BCUT2D eigenvalue weighted by atomic mass is 10.1. The van der Waals surface area contributed by atoms with Crippen molar-refractivity contribution in [3.8, 4) is 0 Å². The monoisotopic (exact) mass is 394 g/mol. The fourth-order valence-electron chi connectivity index (χ4n) is 2.84. The number of hydrogen-bond donors (Lipinski definition) is 1. The van der Waals surface area contributed by atoms with Crippen LogP contribution < -0.4 is 5.32 Å². The third-order valence-electron chi connectivity index (χ3n) is 4.25. The van der Waals surface area contributed by atoms with Crippen LogP contribution in [-0.4, -0.2) is 44.9 Å². The topological polar surface area (TPSA) is 75.7 Å². The molecule has 0 aliphatic carbocycles. The zero-order chi connectivity index (χ0) is 18.7. The van der Waals surface area contributed by atoms with Crippen molar-refractivity contribution in [2.75, 3.05) is 26.3 Å². The van der Waals surface area contributed by atoms with E-state index in [-0.39, 0.29) is 5.91 Å². The molecule has 0 unspecified atom stereocenters. The van der Waals surface area contributed by atoms with E-state index in [2.05, 4.69) is 5.32 Å². The van der Waals surface area contributed by atoms with Crippen LogP contribution in [0.2, 0.25) is 0 Å². The van der Waals surface area contributed by atoms with Crippen molar-refractivity contribution in [3.63, 3.8) is 0 Å². The molecule has 0 radical (unpaired) electrons. The number of morpholine rings is 1. The Morgan fingerprint density at radius 2 is 1.92 bits per heavy atom. The molecule has 1 N–H and O–H groups in total. The van der Waals surface area contributed by atoms with E-state index in [0.29, 0.717) is 42.6 Å². The molecular weight excluding hydrogens is 372 g/mol. The summed E-state index contributed by atoms with van der Waals surface area (Å²) in [5.41, 5.74) is 2.66. The van der Waals surface area contributed by atoms with Crippen molar-refractivity contribution < 1.29 is 17.9 Å². The predicted molar refractivity (Wildman–Crippen MR) is 101 cm³/mol. The summed E-state index contributed by atoms with van der Waals surface area (Å²) < 4.78 is 32.2. The van der Waals surface area contributed by atoms with Crippen LogP contribution in [0.1, 0.15) is 26.4 Å². The van der Waals surface area contributed by atoms with E-state index < -0.39 is 10.0 Å². The summed E-state index contributed by atoms with van der Waals surface area (Å²) >= 11 is 1.19. The van der Waals surface area contributed by atoms with Gasteiger partial charge in [0.1, 0.15) is 4.21 Å². The van der Waals surface area contributed by atoms with E-state index in [0.717, 1.165) is 16.0 Å². The normalized spacial score (nSPS) is 15.8. The Morgan fingerprint density at radius 1 is 1.19 bits per heavy atom. The van der Waals surface area contributed by atoms with Crippen molar-refractivity contribution in [1.82, 2.24) is 9.62 Å². The van der Waals surface area contributed by atoms with Gasteiger partial charge in [0.15, 0.2) is 0 Å². The van der Waals surface area contributed by atoms with Gasteiger partial charge in [-0.1, -0.05) is 17.7 Å². The Balaban J connectivity index is 1.66. The predicted octanol–water partition coefficient (Wildman–Crippen LogP) is 2.32. The number of ether oxygens (including phenoxy) is 1. The third-order valence-corrected chi connectivity index (χ3v) is 7.70. The van der Waals surface area contributed by atoms with Gasteiger partial charge >= 0.3 is 0 Å². The maximum Gasteiger partial charge on any atom is 0.252 e. The second kappa shape index (κ2) is 7.87. The molecule has 8 heteroatoms. The number of benzene rings is 1. The Hall–Kier alpha value is -1.74. The minimum Gasteiger partial charge on any atom is -0.379 e. The number of amides is 1. The molecule has 1 aliphatic rings. The van der Waals surface area contributed by atoms with E-state index in [1.807, 2.05) is 32.0 Å². The summed E-state index contributed by atoms with van der Waals surface area (Å²) in [5, 5.41) is 2.86. The summed E-state index contributed by atoms with van der Waals surface area (Å²) in [5.74, 6) is -0.159. The van der Waals surface area contributed by atoms with Gasteiger partial charge in [-0.3, -0.25) is 4.79 Å². The molecule has 1 fully saturated rings. The van der Waals surface area contributed by atoms with E-state index >= 15 is 0 Å². The Bertz CT molecular complexity index is 900. The van der Waals surface area contributed by atoms with E-state index in [9.17, 15) is 13.2 Å². The van der Waals surface area contributed by atoms with Crippen molar-refractivity contribution >= 4 is 27.3 Å². The van der Waals surface area contributed by atoms with Gasteiger partial charge in [0, 0.05) is 23.5 Å². The second-order valence-electron chi connectivity index (χ2n) is 6.24. The van der Waals surface area contributed by atoms with Crippen LogP contribution in [0.5, 0.6) is 0 Å². The minimum absolute atomic E-state index is 0.159. The molecule has 2 aromatic rings. The van der Waals surface area contributed by atoms with Gasteiger partial charge in [-0.2, -0.15) is 4.31 Å². The Morgan fingerprint density at radius 3 is 2.62 bits per heavy atom. The second-order valence-corrected chi connectivity index (χ2v) is 9.57. The number of aryl methyl sites for hydroxylation is 2. The minimum atomic E-state index is -3.48. The summed E-state index contributed by atoms with van der Waals surface area (Å²) in [6, 6.07) is 9.03. The zero-order valence-electron chi connectivity index (χ0n) is 14.8. The van der Waals surface area contributed by atoms with Crippen molar-refractivity contribution in [1.29, 1.82) is 0 Å². The number of nitrogens with zero attached hydrogens (tertiary/aromatic N) is 1. The first-order chi connectivity index (χ1) is 12.4. The van der Waals surface area contributed by atoms with Gasteiger partial charge in [0.2, 0.25) is 0 Å². The van der Waals surface area contributed by atoms with Crippen LogP contribution in [0.3, 0.4) is 0 Å². The standard InChI is InChI=1S/C18H22N2O4S2/c1-13-3-5-16(14(2)11-13)18(21)19-12-15-4-6-17(25-15)26(22,23)20-7-9-24-10-8-20/h3-6,11H,7-10,12H2,1-2H3,(H,19,21). The lowest BCUT2D eigenvalue weighted by molar-refractivity contribution is 0.0731. The summed E-state index contributed by atoms with van der Waals surface area (Å²) in [6.45, 7) is 5.77. The third kappa shape index (κ3) is 4.15. The summed E-state index contributed by atoms with van der Waals surface area (Å²) in [7, 11) is -3.48. The van der Waals surface area contributed by atoms with Crippen LogP contribution in [0, 0.1) is 13.8 Å². The van der Waals surface area contributed by atoms with Gasteiger partial charge in [-0.25, -0.2) is 8.42 Å². The molecule has 1 amide bonds. The molecule has 2 heterocycles. The number of rotatable bonds is 5. The van der Waals surface area contributed by atoms with E-state index in [4.69, 9.17) is 4.74 Å². The molecule has 0 bridgehead atoms. The van der Waals surface area contributed by atoms with Crippen molar-refractivity contribution in [3.05, 3.63) is 51.9 Å². The van der Waals surface area contributed by atoms with Gasteiger partial charge in [-0.05, 0) is 37.6 Å². The van der Waals surface area contributed by atoms with Crippen LogP contribution in [0.25, 0.3) is 0 Å². The van der Waals surface area contributed by atoms with E-state index in [1.54, 1.807) is 12.1 Å². The lowest BCUT2D eigenvalue weighted by Crippen LogP contribution is -2.40. The van der Waals surface area contributed by atoms with Crippen LogP contribution in [0.15, 0.2) is 34.5 Å². The average Bonchev–Trinajstić information content (AvgIpc) is 3.10. The summed E-state index contributed by atoms with van der Waals surface area (Å²) in [4.78, 5) is 13.2. The molecule has 1 aromatic heterocycles. The van der Waals surface area contributed by atoms with Crippen LogP contribution in [-0.2, 0) is 21.3 Å². The SMILES string of the molecule is Cc1ccc(C(=O)NCc2ccc(S(=O)(=O)N3CCOCC3)s2)c(C)c1. The molecule has 0 atom stereocenters.